The summed E-state index contributed by atoms with van der Waals surface area (Å²) in [5.41, 5.74) is 0.622. The summed E-state index contributed by atoms with van der Waals surface area (Å²) in [7, 11) is 0. The first-order valence-corrected chi connectivity index (χ1v) is 7.51. The van der Waals surface area contributed by atoms with Gasteiger partial charge in [0.1, 0.15) is 0 Å². The minimum Gasteiger partial charge on any atom is -0.331 e. The van der Waals surface area contributed by atoms with Gasteiger partial charge in [0.2, 0.25) is 0 Å². The smallest absolute Gasteiger partial charge is 0.331 e. The minimum absolute atomic E-state index is 0.0665. The summed E-state index contributed by atoms with van der Waals surface area (Å²) < 4.78 is 37.8. The van der Waals surface area contributed by atoms with E-state index in [4.69, 9.17) is 23.8 Å². The predicted molar refractivity (Wildman–Crippen MR) is 91.3 cm³/mol. The van der Waals surface area contributed by atoms with E-state index in [1.165, 1.54) is 0 Å². The maximum Gasteiger partial charge on any atom is 0.416 e. The Morgan fingerprint density at radius 2 is 1.88 bits per heavy atom. The molecule has 3 nitrogen and oxygen atoms in total. The van der Waals surface area contributed by atoms with Gasteiger partial charge < -0.3 is 5.32 Å². The normalized spacial score (nSPS) is 11.0. The summed E-state index contributed by atoms with van der Waals surface area (Å²) in [5.74, 6) is -0.431. The van der Waals surface area contributed by atoms with Crippen LogP contribution < -0.4 is 10.6 Å². The SMILES string of the molecule is Cc1cccc(C(=O)NC(=S)Nc2ccc(C(F)(F)F)cc2Cl)c1. The van der Waals surface area contributed by atoms with Gasteiger partial charge >= 0.3 is 6.18 Å². The van der Waals surface area contributed by atoms with Crippen LogP contribution in [0.2, 0.25) is 5.02 Å². The summed E-state index contributed by atoms with van der Waals surface area (Å²) in [6.45, 7) is 1.84. The molecule has 2 N–H and O–H groups in total. The number of amides is 1. The van der Waals surface area contributed by atoms with Crippen LogP contribution in [0.3, 0.4) is 0 Å². The molecule has 2 rings (SSSR count). The molecule has 0 radical (unpaired) electrons. The highest BCUT2D eigenvalue weighted by Crippen LogP contribution is 2.33. The number of thiocarbonyl (C=S) groups is 1. The van der Waals surface area contributed by atoms with Crippen LogP contribution in [0.15, 0.2) is 42.5 Å². The third-order valence-electron chi connectivity index (χ3n) is 3.05. The van der Waals surface area contributed by atoms with Gasteiger partial charge in [-0.15, -0.1) is 0 Å². The maximum atomic E-state index is 12.6. The van der Waals surface area contributed by atoms with Crippen LogP contribution in [-0.2, 0) is 6.18 Å². The topological polar surface area (TPSA) is 41.1 Å². The molecule has 2 aromatic rings. The molecule has 0 aliphatic rings. The molecule has 0 bridgehead atoms. The molecule has 0 aliphatic heterocycles. The van der Waals surface area contributed by atoms with E-state index in [1.807, 2.05) is 13.0 Å². The predicted octanol–water partition coefficient (Wildman–Crippen LogP) is 4.79. The van der Waals surface area contributed by atoms with Crippen LogP contribution >= 0.6 is 23.8 Å². The molecule has 0 saturated heterocycles. The number of nitrogens with one attached hydrogen (secondary N) is 2. The number of hydrogen-bond donors (Lipinski definition) is 2. The number of carbonyl (C=O) groups is 1. The number of halogens is 4. The molecule has 0 heterocycles. The second-order valence-electron chi connectivity index (χ2n) is 4.97. The number of hydrogen-bond acceptors (Lipinski definition) is 2. The van der Waals surface area contributed by atoms with Crippen LogP contribution in [0.1, 0.15) is 21.5 Å². The number of carbonyl (C=O) groups excluding carboxylic acids is 1. The van der Waals surface area contributed by atoms with Gasteiger partial charge in [0.25, 0.3) is 5.91 Å². The second-order valence-corrected chi connectivity index (χ2v) is 5.79. The van der Waals surface area contributed by atoms with Gasteiger partial charge in [0.05, 0.1) is 16.3 Å². The molecule has 0 unspecified atom stereocenters. The highest BCUT2D eigenvalue weighted by molar-refractivity contribution is 7.80. The maximum absolute atomic E-state index is 12.6. The lowest BCUT2D eigenvalue weighted by atomic mass is 10.1. The van der Waals surface area contributed by atoms with Crippen molar-refractivity contribution in [3.8, 4) is 0 Å². The first kappa shape index (κ1) is 18.2. The molecule has 126 valence electrons. The van der Waals surface area contributed by atoms with Crippen molar-refractivity contribution in [2.45, 2.75) is 13.1 Å². The van der Waals surface area contributed by atoms with Crippen LogP contribution in [0.4, 0.5) is 18.9 Å². The van der Waals surface area contributed by atoms with Gasteiger partial charge in [-0.3, -0.25) is 10.1 Å². The van der Waals surface area contributed by atoms with Gasteiger partial charge in [0.15, 0.2) is 5.11 Å². The summed E-state index contributed by atoms with van der Waals surface area (Å²) in [4.78, 5) is 12.0. The van der Waals surface area contributed by atoms with Crippen molar-refractivity contribution in [1.29, 1.82) is 0 Å². The number of rotatable bonds is 2. The Morgan fingerprint density at radius 1 is 1.17 bits per heavy atom. The van der Waals surface area contributed by atoms with E-state index in [0.29, 0.717) is 5.56 Å². The Morgan fingerprint density at radius 3 is 2.46 bits per heavy atom. The Hall–Kier alpha value is -2.12. The fourth-order valence-corrected chi connectivity index (χ4v) is 2.34. The zero-order valence-corrected chi connectivity index (χ0v) is 13.9. The van der Waals surface area contributed by atoms with Crippen molar-refractivity contribution in [3.63, 3.8) is 0 Å². The summed E-state index contributed by atoms with van der Waals surface area (Å²) in [6.07, 6.45) is -4.48. The van der Waals surface area contributed by atoms with Crippen molar-refractivity contribution < 1.29 is 18.0 Å². The first-order valence-electron chi connectivity index (χ1n) is 6.72. The zero-order chi connectivity index (χ0) is 17.9. The molecule has 1 amide bonds. The van der Waals surface area contributed by atoms with Crippen LogP contribution in [0.5, 0.6) is 0 Å². The van der Waals surface area contributed by atoms with Crippen LogP contribution in [-0.4, -0.2) is 11.0 Å². The summed E-state index contributed by atoms with van der Waals surface area (Å²) in [5, 5.41) is 4.83. The first-order chi connectivity index (χ1) is 11.2. The third-order valence-corrected chi connectivity index (χ3v) is 3.57. The van der Waals surface area contributed by atoms with Crippen molar-refractivity contribution in [2.75, 3.05) is 5.32 Å². The van der Waals surface area contributed by atoms with Crippen LogP contribution in [0, 0.1) is 6.92 Å². The molecule has 0 saturated carbocycles. The quantitative estimate of drug-likeness (QED) is 0.744. The monoisotopic (exact) mass is 372 g/mol. The van der Waals surface area contributed by atoms with E-state index in [-0.39, 0.29) is 15.8 Å². The lowest BCUT2D eigenvalue weighted by molar-refractivity contribution is -0.137. The molecule has 0 atom stereocenters. The van der Waals surface area contributed by atoms with Crippen molar-refractivity contribution in [2.24, 2.45) is 0 Å². The Labute approximate surface area is 146 Å². The highest BCUT2D eigenvalue weighted by Gasteiger charge is 2.30. The molecule has 0 aromatic heterocycles. The number of alkyl halides is 3. The van der Waals surface area contributed by atoms with Crippen molar-refractivity contribution >= 4 is 40.5 Å². The van der Waals surface area contributed by atoms with E-state index in [9.17, 15) is 18.0 Å². The van der Waals surface area contributed by atoms with E-state index < -0.39 is 17.6 Å². The summed E-state index contributed by atoms with van der Waals surface area (Å²) >= 11 is 10.8. The molecule has 0 fully saturated rings. The molecule has 2 aromatic carbocycles. The van der Waals surface area contributed by atoms with Gasteiger partial charge in [0, 0.05) is 5.56 Å². The number of aryl methyl sites for hydroxylation is 1. The fourth-order valence-electron chi connectivity index (χ4n) is 1.91. The molecule has 8 heteroatoms. The Bertz CT molecular complexity index is 793. The van der Waals surface area contributed by atoms with Gasteiger partial charge in [-0.05, 0) is 49.5 Å². The molecule has 24 heavy (non-hydrogen) atoms. The summed E-state index contributed by atoms with van der Waals surface area (Å²) in [6, 6.07) is 9.69. The van der Waals surface area contributed by atoms with Crippen molar-refractivity contribution in [3.05, 3.63) is 64.2 Å². The third kappa shape index (κ3) is 4.69. The van der Waals surface area contributed by atoms with Gasteiger partial charge in [-0.1, -0.05) is 29.3 Å². The number of benzene rings is 2. The molecule has 0 spiro atoms. The van der Waals surface area contributed by atoms with E-state index >= 15 is 0 Å². The average Bonchev–Trinajstić information content (AvgIpc) is 2.48. The van der Waals surface area contributed by atoms with Crippen LogP contribution in [0.25, 0.3) is 0 Å². The van der Waals surface area contributed by atoms with E-state index in [1.54, 1.807) is 18.2 Å². The molecular formula is C16H12ClF3N2OS. The Kier molecular flexibility index (Phi) is 5.46. The van der Waals surface area contributed by atoms with Gasteiger partial charge in [-0.2, -0.15) is 13.2 Å². The second kappa shape index (κ2) is 7.19. The zero-order valence-electron chi connectivity index (χ0n) is 12.4. The van der Waals surface area contributed by atoms with E-state index in [2.05, 4.69) is 10.6 Å². The highest BCUT2D eigenvalue weighted by atomic mass is 35.5. The Balaban J connectivity index is 2.06. The fraction of sp³-hybridized carbons (Fsp3) is 0.125. The van der Waals surface area contributed by atoms with Crippen molar-refractivity contribution in [1.82, 2.24) is 5.32 Å². The minimum atomic E-state index is -4.48. The molecular weight excluding hydrogens is 361 g/mol. The average molecular weight is 373 g/mol. The van der Waals surface area contributed by atoms with E-state index in [0.717, 1.165) is 23.8 Å². The van der Waals surface area contributed by atoms with Gasteiger partial charge in [-0.25, -0.2) is 0 Å². The number of anilines is 1. The lowest BCUT2D eigenvalue weighted by Gasteiger charge is -2.13. The lowest BCUT2D eigenvalue weighted by Crippen LogP contribution is -2.34. The molecule has 0 aliphatic carbocycles. The largest absolute Gasteiger partial charge is 0.416 e. The standard InChI is InChI=1S/C16H12ClF3N2OS/c1-9-3-2-4-10(7-9)14(23)22-15(24)21-13-6-5-11(8-12(13)17)16(18,19)20/h2-8H,1H3,(H2,21,22,23,24).